The van der Waals surface area contributed by atoms with E-state index in [4.69, 9.17) is 4.74 Å². The molecule has 0 unspecified atom stereocenters. The van der Waals surface area contributed by atoms with Crippen LogP contribution in [0.2, 0.25) is 0 Å². The number of amides is 3. The third kappa shape index (κ3) is 5.51. The van der Waals surface area contributed by atoms with E-state index in [2.05, 4.69) is 10.6 Å². The molecule has 0 radical (unpaired) electrons. The van der Waals surface area contributed by atoms with E-state index < -0.39 is 34.0 Å². The second kappa shape index (κ2) is 10.4. The SMILES string of the molecule is CNC(=O)NC(=O)[C@H](OC(=O)c1ccc(S(=O)(=O)N2CCCCC2)cc1)c1ccccc1. The summed E-state index contributed by atoms with van der Waals surface area (Å²) in [5.74, 6) is -1.64. The summed E-state index contributed by atoms with van der Waals surface area (Å²) < 4.78 is 32.4. The van der Waals surface area contributed by atoms with Crippen molar-refractivity contribution in [1.82, 2.24) is 14.9 Å². The molecule has 1 fully saturated rings. The predicted molar refractivity (Wildman–Crippen MR) is 116 cm³/mol. The number of rotatable bonds is 6. The van der Waals surface area contributed by atoms with Gasteiger partial charge in [-0.25, -0.2) is 18.0 Å². The molecule has 1 heterocycles. The lowest BCUT2D eigenvalue weighted by molar-refractivity contribution is -0.129. The lowest BCUT2D eigenvalue weighted by Gasteiger charge is -2.25. The van der Waals surface area contributed by atoms with Crippen LogP contribution in [0.25, 0.3) is 0 Å². The number of benzene rings is 2. The van der Waals surface area contributed by atoms with Crippen LogP contribution in [0.15, 0.2) is 59.5 Å². The van der Waals surface area contributed by atoms with Crippen LogP contribution in [0.3, 0.4) is 0 Å². The highest BCUT2D eigenvalue weighted by Gasteiger charge is 2.28. The van der Waals surface area contributed by atoms with Crippen LogP contribution in [-0.4, -0.2) is 50.8 Å². The molecule has 2 aromatic rings. The molecule has 170 valence electrons. The van der Waals surface area contributed by atoms with E-state index in [1.54, 1.807) is 30.3 Å². The maximum Gasteiger partial charge on any atom is 0.339 e. The van der Waals surface area contributed by atoms with E-state index in [1.807, 2.05) is 0 Å². The Balaban J connectivity index is 1.77. The molecule has 1 atom stereocenters. The van der Waals surface area contributed by atoms with Gasteiger partial charge in [0, 0.05) is 25.7 Å². The fourth-order valence-corrected chi connectivity index (χ4v) is 4.85. The largest absolute Gasteiger partial charge is 0.444 e. The number of hydrogen-bond donors (Lipinski definition) is 2. The van der Waals surface area contributed by atoms with Crippen molar-refractivity contribution in [3.63, 3.8) is 0 Å². The lowest BCUT2D eigenvalue weighted by Crippen LogP contribution is -2.41. The van der Waals surface area contributed by atoms with Crippen LogP contribution < -0.4 is 10.6 Å². The van der Waals surface area contributed by atoms with E-state index in [-0.39, 0.29) is 10.5 Å². The van der Waals surface area contributed by atoms with Crippen molar-refractivity contribution in [2.75, 3.05) is 20.1 Å². The molecule has 9 nitrogen and oxygen atoms in total. The van der Waals surface area contributed by atoms with Gasteiger partial charge >= 0.3 is 12.0 Å². The fraction of sp³-hybridized carbons (Fsp3) is 0.318. The number of nitrogens with zero attached hydrogens (tertiary/aromatic N) is 1. The van der Waals surface area contributed by atoms with Crippen molar-refractivity contribution in [1.29, 1.82) is 0 Å². The smallest absolute Gasteiger partial charge is 0.339 e. The minimum atomic E-state index is -3.63. The highest BCUT2D eigenvalue weighted by molar-refractivity contribution is 7.89. The standard InChI is InChI=1S/C22H25N3O6S/c1-23-22(28)24-20(26)19(16-8-4-2-5-9-16)31-21(27)17-10-12-18(13-11-17)32(29,30)25-14-6-3-7-15-25/h2,4-5,8-13,19H,3,6-7,14-15H2,1H3,(H2,23,24,26,28)/t19-/m1/s1. The topological polar surface area (TPSA) is 122 Å². The number of esters is 1. The summed E-state index contributed by atoms with van der Waals surface area (Å²) in [5, 5.41) is 4.36. The Hall–Kier alpha value is -3.24. The minimum absolute atomic E-state index is 0.0799. The highest BCUT2D eigenvalue weighted by atomic mass is 32.2. The number of imide groups is 1. The van der Waals surface area contributed by atoms with Crippen LogP contribution in [-0.2, 0) is 19.6 Å². The molecule has 32 heavy (non-hydrogen) atoms. The van der Waals surface area contributed by atoms with Crippen molar-refractivity contribution >= 4 is 27.9 Å². The summed E-state index contributed by atoms with van der Waals surface area (Å²) in [6, 6.07) is 12.9. The number of ether oxygens (including phenoxy) is 1. The van der Waals surface area contributed by atoms with E-state index in [1.165, 1.54) is 35.6 Å². The molecule has 0 aromatic heterocycles. The number of piperidine rings is 1. The number of carbonyl (C=O) groups excluding carboxylic acids is 3. The molecule has 0 aliphatic carbocycles. The fourth-order valence-electron chi connectivity index (χ4n) is 3.33. The van der Waals surface area contributed by atoms with Gasteiger partial charge in [0.2, 0.25) is 16.1 Å². The Morgan fingerprint density at radius 2 is 1.56 bits per heavy atom. The van der Waals surface area contributed by atoms with E-state index in [9.17, 15) is 22.8 Å². The molecule has 10 heteroatoms. The first kappa shape index (κ1) is 23.4. The molecule has 1 saturated heterocycles. The quantitative estimate of drug-likeness (QED) is 0.639. The summed E-state index contributed by atoms with van der Waals surface area (Å²) in [7, 11) is -2.27. The van der Waals surface area contributed by atoms with Crippen LogP contribution in [0.4, 0.5) is 4.79 Å². The Labute approximate surface area is 186 Å². The molecule has 1 aliphatic rings. The Morgan fingerprint density at radius 1 is 0.938 bits per heavy atom. The summed E-state index contributed by atoms with van der Waals surface area (Å²) in [4.78, 5) is 36.8. The maximum absolute atomic E-state index is 12.8. The van der Waals surface area contributed by atoms with Crippen LogP contribution in [0, 0.1) is 0 Å². The van der Waals surface area contributed by atoms with Crippen molar-refractivity contribution in [3.05, 3.63) is 65.7 Å². The normalized spacial score (nSPS) is 15.4. The molecule has 3 rings (SSSR count). The molecule has 2 aromatic carbocycles. The Kier molecular flexibility index (Phi) is 7.60. The van der Waals surface area contributed by atoms with Gasteiger partial charge in [0.05, 0.1) is 10.5 Å². The number of hydrogen-bond acceptors (Lipinski definition) is 6. The lowest BCUT2D eigenvalue weighted by atomic mass is 10.1. The van der Waals surface area contributed by atoms with Gasteiger partial charge in [0.1, 0.15) is 0 Å². The summed E-state index contributed by atoms with van der Waals surface area (Å²) in [6.07, 6.45) is 1.29. The molecule has 2 N–H and O–H groups in total. The molecular formula is C22H25N3O6S. The average molecular weight is 460 g/mol. The van der Waals surface area contributed by atoms with Crippen LogP contribution >= 0.6 is 0 Å². The zero-order valence-electron chi connectivity index (χ0n) is 17.6. The maximum atomic E-state index is 12.8. The third-order valence-electron chi connectivity index (χ3n) is 5.07. The Bertz CT molecular complexity index is 1060. The van der Waals surface area contributed by atoms with Crippen LogP contribution in [0.1, 0.15) is 41.3 Å². The Morgan fingerprint density at radius 3 is 2.16 bits per heavy atom. The van der Waals surface area contributed by atoms with E-state index in [0.29, 0.717) is 18.7 Å². The van der Waals surface area contributed by atoms with Gasteiger partial charge in [0.15, 0.2) is 0 Å². The van der Waals surface area contributed by atoms with Gasteiger partial charge in [-0.3, -0.25) is 10.1 Å². The first-order valence-corrected chi connectivity index (χ1v) is 11.7. The third-order valence-corrected chi connectivity index (χ3v) is 6.98. The molecule has 0 spiro atoms. The van der Waals surface area contributed by atoms with Gasteiger partial charge in [-0.2, -0.15) is 4.31 Å². The molecule has 3 amide bonds. The van der Waals surface area contributed by atoms with E-state index >= 15 is 0 Å². The van der Waals surface area contributed by atoms with Crippen molar-refractivity contribution in [2.24, 2.45) is 0 Å². The second-order valence-corrected chi connectivity index (χ2v) is 9.19. The van der Waals surface area contributed by atoms with Gasteiger partial charge in [-0.15, -0.1) is 0 Å². The van der Waals surface area contributed by atoms with Gasteiger partial charge in [-0.1, -0.05) is 36.8 Å². The van der Waals surface area contributed by atoms with Gasteiger partial charge in [0.25, 0.3) is 5.91 Å². The number of nitrogens with one attached hydrogen (secondary N) is 2. The summed E-state index contributed by atoms with van der Waals surface area (Å²) in [6.45, 7) is 0.955. The predicted octanol–water partition coefficient (Wildman–Crippen LogP) is 2.21. The molecular weight excluding hydrogens is 434 g/mol. The van der Waals surface area contributed by atoms with Crippen molar-refractivity contribution in [2.45, 2.75) is 30.3 Å². The minimum Gasteiger partial charge on any atom is -0.444 e. The molecule has 0 saturated carbocycles. The number of sulfonamides is 1. The number of carbonyl (C=O) groups is 3. The zero-order valence-corrected chi connectivity index (χ0v) is 18.4. The van der Waals surface area contributed by atoms with Crippen molar-refractivity contribution in [3.8, 4) is 0 Å². The van der Waals surface area contributed by atoms with E-state index in [0.717, 1.165) is 19.3 Å². The first-order valence-electron chi connectivity index (χ1n) is 10.2. The zero-order chi connectivity index (χ0) is 23.1. The summed E-state index contributed by atoms with van der Waals surface area (Å²) >= 11 is 0. The average Bonchev–Trinajstić information content (AvgIpc) is 2.83. The monoisotopic (exact) mass is 459 g/mol. The van der Waals surface area contributed by atoms with Crippen LogP contribution in [0.5, 0.6) is 0 Å². The summed E-state index contributed by atoms with van der Waals surface area (Å²) in [5.41, 5.74) is 0.461. The van der Waals surface area contributed by atoms with Gasteiger partial charge in [-0.05, 0) is 37.1 Å². The highest BCUT2D eigenvalue weighted by Crippen LogP contribution is 2.23. The first-order chi connectivity index (χ1) is 15.3. The van der Waals surface area contributed by atoms with Crippen molar-refractivity contribution < 1.29 is 27.5 Å². The molecule has 1 aliphatic heterocycles. The molecule has 0 bridgehead atoms. The number of urea groups is 1. The van der Waals surface area contributed by atoms with Gasteiger partial charge < -0.3 is 10.1 Å². The second-order valence-electron chi connectivity index (χ2n) is 7.25.